The fraction of sp³-hybridized carbons (Fsp3) is 0.400. The zero-order chi connectivity index (χ0) is 11.4. The molecule has 0 aliphatic rings. The van der Waals surface area contributed by atoms with Crippen LogP contribution in [0.15, 0.2) is 12.1 Å². The maximum Gasteiger partial charge on any atom is 0.200 e. The molecular formula is C10H13F2NO2. The number of benzene rings is 1. The van der Waals surface area contributed by atoms with Crippen LogP contribution in [0, 0.1) is 11.6 Å². The van der Waals surface area contributed by atoms with Crippen molar-refractivity contribution in [3.63, 3.8) is 0 Å². The first-order chi connectivity index (χ1) is 7.10. The van der Waals surface area contributed by atoms with Gasteiger partial charge >= 0.3 is 0 Å². The van der Waals surface area contributed by atoms with Crippen LogP contribution in [0.25, 0.3) is 0 Å². The van der Waals surface area contributed by atoms with Gasteiger partial charge in [-0.05, 0) is 24.1 Å². The summed E-state index contributed by atoms with van der Waals surface area (Å²) in [5.74, 6) is -2.21. The fourth-order valence-corrected chi connectivity index (χ4v) is 1.25. The highest BCUT2D eigenvalue weighted by Crippen LogP contribution is 2.25. The Balaban J connectivity index is 3.05. The topological polar surface area (TPSA) is 55.5 Å². The maximum atomic E-state index is 13.1. The predicted molar refractivity (Wildman–Crippen MR) is 51.5 cm³/mol. The first-order valence-electron chi connectivity index (χ1n) is 4.49. The largest absolute Gasteiger partial charge is 0.494 e. The lowest BCUT2D eigenvalue weighted by atomic mass is 10.0. The van der Waals surface area contributed by atoms with Gasteiger partial charge in [-0.3, -0.25) is 0 Å². The lowest BCUT2D eigenvalue weighted by Gasteiger charge is -2.12. The van der Waals surface area contributed by atoms with E-state index in [4.69, 9.17) is 10.8 Å². The summed E-state index contributed by atoms with van der Waals surface area (Å²) in [5.41, 5.74) is 6.05. The summed E-state index contributed by atoms with van der Waals surface area (Å²) < 4.78 is 30.8. The molecule has 5 heteroatoms. The Morgan fingerprint density at radius 3 is 2.67 bits per heavy atom. The van der Waals surface area contributed by atoms with E-state index in [-0.39, 0.29) is 18.8 Å². The van der Waals surface area contributed by atoms with E-state index < -0.39 is 17.7 Å². The van der Waals surface area contributed by atoms with Gasteiger partial charge in [-0.1, -0.05) is 0 Å². The Kier molecular flexibility index (Phi) is 3.99. The average molecular weight is 217 g/mol. The number of halogens is 2. The molecule has 15 heavy (non-hydrogen) atoms. The first kappa shape index (κ1) is 11.9. The molecule has 3 nitrogen and oxygen atoms in total. The standard InChI is InChI=1S/C10H13F2NO2/c1-15-9-5-6(8(13)2-3-14)4-7(11)10(9)12/h4-5,8,14H,2-3,13H2,1H3. The van der Waals surface area contributed by atoms with Crippen LogP contribution in [-0.4, -0.2) is 18.8 Å². The SMILES string of the molecule is COc1cc(C(N)CCO)cc(F)c1F. The van der Waals surface area contributed by atoms with Crippen molar-refractivity contribution < 1.29 is 18.6 Å². The summed E-state index contributed by atoms with van der Waals surface area (Å²) in [4.78, 5) is 0. The van der Waals surface area contributed by atoms with Crippen LogP contribution in [0.3, 0.4) is 0 Å². The average Bonchev–Trinajstić information content (AvgIpc) is 2.22. The third kappa shape index (κ3) is 2.64. The van der Waals surface area contributed by atoms with Crippen molar-refractivity contribution in [3.05, 3.63) is 29.3 Å². The second-order valence-corrected chi connectivity index (χ2v) is 3.14. The molecule has 1 aromatic rings. The number of aliphatic hydroxyl groups excluding tert-OH is 1. The third-order valence-electron chi connectivity index (χ3n) is 2.11. The van der Waals surface area contributed by atoms with Gasteiger partial charge in [-0.15, -0.1) is 0 Å². The minimum Gasteiger partial charge on any atom is -0.494 e. The summed E-state index contributed by atoms with van der Waals surface area (Å²) in [5, 5.41) is 8.67. The van der Waals surface area contributed by atoms with Gasteiger partial charge in [-0.2, -0.15) is 4.39 Å². The number of aliphatic hydroxyl groups is 1. The zero-order valence-corrected chi connectivity index (χ0v) is 8.34. The molecule has 3 N–H and O–H groups in total. The lowest BCUT2D eigenvalue weighted by molar-refractivity contribution is 0.276. The minimum absolute atomic E-state index is 0.109. The van der Waals surface area contributed by atoms with Crippen LogP contribution in [0.4, 0.5) is 8.78 Å². The van der Waals surface area contributed by atoms with E-state index >= 15 is 0 Å². The minimum atomic E-state index is -1.03. The molecule has 0 bridgehead atoms. The fourth-order valence-electron chi connectivity index (χ4n) is 1.25. The van der Waals surface area contributed by atoms with Crippen LogP contribution >= 0.6 is 0 Å². The van der Waals surface area contributed by atoms with Crippen molar-refractivity contribution in [2.45, 2.75) is 12.5 Å². The summed E-state index contributed by atoms with van der Waals surface area (Å²) in [6.45, 7) is -0.109. The lowest BCUT2D eigenvalue weighted by Crippen LogP contribution is -2.12. The molecule has 0 spiro atoms. The summed E-state index contributed by atoms with van der Waals surface area (Å²) in [6.07, 6.45) is 0.286. The molecule has 84 valence electrons. The van der Waals surface area contributed by atoms with E-state index in [0.29, 0.717) is 5.56 Å². The number of nitrogens with two attached hydrogens (primary N) is 1. The van der Waals surface area contributed by atoms with E-state index in [1.54, 1.807) is 0 Å². The molecule has 0 heterocycles. The van der Waals surface area contributed by atoms with Crippen molar-refractivity contribution in [2.24, 2.45) is 5.73 Å². The molecular weight excluding hydrogens is 204 g/mol. The molecule has 0 saturated carbocycles. The van der Waals surface area contributed by atoms with Crippen molar-refractivity contribution in [1.29, 1.82) is 0 Å². The van der Waals surface area contributed by atoms with Crippen LogP contribution < -0.4 is 10.5 Å². The van der Waals surface area contributed by atoms with Gasteiger partial charge in [0.1, 0.15) is 0 Å². The zero-order valence-electron chi connectivity index (χ0n) is 8.34. The van der Waals surface area contributed by atoms with E-state index in [1.807, 2.05) is 0 Å². The van der Waals surface area contributed by atoms with Gasteiger partial charge in [0.05, 0.1) is 7.11 Å². The van der Waals surface area contributed by atoms with E-state index in [1.165, 1.54) is 13.2 Å². The van der Waals surface area contributed by atoms with E-state index in [2.05, 4.69) is 4.74 Å². The third-order valence-corrected chi connectivity index (χ3v) is 2.11. The van der Waals surface area contributed by atoms with E-state index in [9.17, 15) is 8.78 Å². The molecule has 0 fully saturated rings. The van der Waals surface area contributed by atoms with Gasteiger partial charge in [-0.25, -0.2) is 4.39 Å². The summed E-state index contributed by atoms with van der Waals surface area (Å²) >= 11 is 0. The van der Waals surface area contributed by atoms with Crippen molar-refractivity contribution in [1.82, 2.24) is 0 Å². The molecule has 1 atom stereocenters. The van der Waals surface area contributed by atoms with Crippen molar-refractivity contribution >= 4 is 0 Å². The normalized spacial score (nSPS) is 12.6. The molecule has 0 aliphatic heterocycles. The Morgan fingerprint density at radius 1 is 1.47 bits per heavy atom. The molecule has 0 radical (unpaired) electrons. The predicted octanol–water partition coefficient (Wildman–Crippen LogP) is 1.36. The molecule has 0 aromatic heterocycles. The quantitative estimate of drug-likeness (QED) is 0.800. The van der Waals surface area contributed by atoms with Crippen LogP contribution in [-0.2, 0) is 0 Å². The van der Waals surface area contributed by atoms with Crippen LogP contribution in [0.5, 0.6) is 5.75 Å². The van der Waals surface area contributed by atoms with E-state index in [0.717, 1.165) is 6.07 Å². The smallest absolute Gasteiger partial charge is 0.200 e. The molecule has 0 saturated heterocycles. The summed E-state index contributed by atoms with van der Waals surface area (Å²) in [6, 6.07) is 1.82. The van der Waals surface area contributed by atoms with Gasteiger partial charge in [0.25, 0.3) is 0 Å². The second kappa shape index (κ2) is 5.04. The monoisotopic (exact) mass is 217 g/mol. The highest BCUT2D eigenvalue weighted by molar-refractivity contribution is 5.33. The van der Waals surface area contributed by atoms with Crippen molar-refractivity contribution in [3.8, 4) is 5.75 Å². The Morgan fingerprint density at radius 2 is 2.13 bits per heavy atom. The maximum absolute atomic E-state index is 13.1. The number of methoxy groups -OCH3 is 1. The first-order valence-corrected chi connectivity index (χ1v) is 4.49. The van der Waals surface area contributed by atoms with Crippen LogP contribution in [0.1, 0.15) is 18.0 Å². The molecule has 1 aromatic carbocycles. The Hall–Kier alpha value is -1.20. The highest BCUT2D eigenvalue weighted by atomic mass is 19.2. The highest BCUT2D eigenvalue weighted by Gasteiger charge is 2.14. The van der Waals surface area contributed by atoms with Gasteiger partial charge < -0.3 is 15.6 Å². The molecule has 0 amide bonds. The number of rotatable bonds is 4. The van der Waals surface area contributed by atoms with Crippen molar-refractivity contribution in [2.75, 3.05) is 13.7 Å². The van der Waals surface area contributed by atoms with Gasteiger partial charge in [0.15, 0.2) is 11.6 Å². The number of ether oxygens (including phenoxy) is 1. The number of hydrogen-bond acceptors (Lipinski definition) is 3. The van der Waals surface area contributed by atoms with Gasteiger partial charge in [0.2, 0.25) is 5.82 Å². The molecule has 1 unspecified atom stereocenters. The number of hydrogen-bond donors (Lipinski definition) is 2. The Bertz CT molecular complexity index is 344. The molecule has 1 rings (SSSR count). The van der Waals surface area contributed by atoms with Gasteiger partial charge in [0, 0.05) is 12.6 Å². The van der Waals surface area contributed by atoms with Crippen LogP contribution in [0.2, 0.25) is 0 Å². The molecule has 0 aliphatic carbocycles. The second-order valence-electron chi connectivity index (χ2n) is 3.14. The Labute approximate surface area is 86.5 Å². The summed E-state index contributed by atoms with van der Waals surface area (Å²) in [7, 11) is 1.25.